The van der Waals surface area contributed by atoms with Crippen molar-refractivity contribution in [1.29, 1.82) is 0 Å². The summed E-state index contributed by atoms with van der Waals surface area (Å²) in [5, 5.41) is 8.58. The molecule has 0 radical (unpaired) electrons. The highest BCUT2D eigenvalue weighted by atomic mass is 16.2. The number of carbonyl (C=O) groups is 1. The molecule has 0 bridgehead atoms. The van der Waals surface area contributed by atoms with E-state index in [0.717, 1.165) is 23.2 Å². The van der Waals surface area contributed by atoms with E-state index in [9.17, 15) is 4.79 Å². The summed E-state index contributed by atoms with van der Waals surface area (Å²) in [5.41, 5.74) is 3.04. The van der Waals surface area contributed by atoms with E-state index in [-0.39, 0.29) is 11.9 Å². The van der Waals surface area contributed by atoms with Crippen molar-refractivity contribution in [2.45, 2.75) is 26.3 Å². The van der Waals surface area contributed by atoms with Crippen molar-refractivity contribution in [3.05, 3.63) is 72.3 Å². The number of hydrogen-bond donors (Lipinski definition) is 2. The van der Waals surface area contributed by atoms with Gasteiger partial charge in [-0.05, 0) is 47.9 Å². The van der Waals surface area contributed by atoms with Crippen LogP contribution in [-0.4, -0.2) is 11.9 Å². The zero-order valence-corrected chi connectivity index (χ0v) is 14.0. The van der Waals surface area contributed by atoms with Crippen molar-refractivity contribution >= 4 is 28.1 Å². The van der Waals surface area contributed by atoms with Gasteiger partial charge in [-0.15, -0.1) is 0 Å². The Morgan fingerprint density at radius 2 is 1.67 bits per heavy atom. The van der Waals surface area contributed by atoms with Gasteiger partial charge < -0.3 is 10.6 Å². The highest BCUT2D eigenvalue weighted by Gasteiger charge is 2.14. The van der Waals surface area contributed by atoms with Crippen LogP contribution in [0.2, 0.25) is 0 Å². The van der Waals surface area contributed by atoms with Crippen molar-refractivity contribution < 1.29 is 4.79 Å². The molecule has 0 aliphatic rings. The molecule has 3 heteroatoms. The quantitative estimate of drug-likeness (QED) is 0.706. The normalized spacial score (nSPS) is 11.9. The van der Waals surface area contributed by atoms with Gasteiger partial charge in [0.2, 0.25) is 5.91 Å². The molecule has 3 nitrogen and oxygen atoms in total. The van der Waals surface area contributed by atoms with Crippen molar-refractivity contribution in [3.8, 4) is 0 Å². The molecule has 2 N–H and O–H groups in total. The Bertz CT molecular complexity index is 857. The van der Waals surface area contributed by atoms with E-state index in [0.29, 0.717) is 0 Å². The van der Waals surface area contributed by atoms with E-state index in [1.54, 1.807) is 0 Å². The summed E-state index contributed by atoms with van der Waals surface area (Å²) < 4.78 is 0. The van der Waals surface area contributed by atoms with E-state index in [1.165, 1.54) is 10.9 Å². The topological polar surface area (TPSA) is 41.1 Å². The van der Waals surface area contributed by atoms with Crippen LogP contribution < -0.4 is 10.6 Å². The van der Waals surface area contributed by atoms with Gasteiger partial charge in [-0.3, -0.25) is 4.79 Å². The average Bonchev–Trinajstić information content (AvgIpc) is 2.62. The fourth-order valence-corrected chi connectivity index (χ4v) is 2.79. The second-order valence-electron chi connectivity index (χ2n) is 5.93. The summed E-state index contributed by atoms with van der Waals surface area (Å²) in [7, 11) is 0. The summed E-state index contributed by atoms with van der Waals surface area (Å²) in [6, 6.07) is 21.9. The van der Waals surface area contributed by atoms with Gasteiger partial charge in [-0.2, -0.15) is 0 Å². The zero-order chi connectivity index (χ0) is 16.9. The maximum absolute atomic E-state index is 12.5. The van der Waals surface area contributed by atoms with Gasteiger partial charge in [0, 0.05) is 11.4 Å². The molecule has 0 fully saturated rings. The Hall–Kier alpha value is -2.81. The molecule has 0 aromatic heterocycles. The third-order valence-corrected chi connectivity index (χ3v) is 4.18. The summed E-state index contributed by atoms with van der Waals surface area (Å²) in [6.45, 7) is 3.99. The first-order valence-electron chi connectivity index (χ1n) is 8.31. The number of carbonyl (C=O) groups excluding carboxylic acids is 1. The number of amides is 1. The van der Waals surface area contributed by atoms with E-state index >= 15 is 0 Å². The molecule has 0 unspecified atom stereocenters. The Kier molecular flexibility index (Phi) is 4.80. The minimum Gasteiger partial charge on any atom is -0.374 e. The molecule has 0 saturated carbocycles. The number of fused-ring (bicyclic) bond motifs is 1. The van der Waals surface area contributed by atoms with Gasteiger partial charge in [-0.25, -0.2) is 0 Å². The SMILES string of the molecule is CCc1ccccc1N[C@@H](C)C(=O)Nc1ccc2ccccc2c1. The van der Waals surface area contributed by atoms with Gasteiger partial charge in [0.25, 0.3) is 0 Å². The molecule has 0 aliphatic heterocycles. The smallest absolute Gasteiger partial charge is 0.246 e. The van der Waals surface area contributed by atoms with E-state index in [1.807, 2.05) is 61.5 Å². The lowest BCUT2D eigenvalue weighted by Crippen LogP contribution is -2.32. The standard InChI is InChI=1S/C21H22N2O/c1-3-16-8-6-7-11-20(16)22-15(2)21(24)23-19-13-12-17-9-4-5-10-18(17)14-19/h4-15,22H,3H2,1-2H3,(H,23,24)/t15-/m0/s1. The molecule has 1 amide bonds. The molecule has 0 heterocycles. The predicted octanol–water partition coefficient (Wildman–Crippen LogP) is 4.84. The van der Waals surface area contributed by atoms with E-state index < -0.39 is 0 Å². The number of anilines is 2. The van der Waals surface area contributed by atoms with E-state index in [4.69, 9.17) is 0 Å². The van der Waals surface area contributed by atoms with Crippen LogP contribution in [0.4, 0.5) is 11.4 Å². The maximum Gasteiger partial charge on any atom is 0.246 e. The Morgan fingerprint density at radius 1 is 0.958 bits per heavy atom. The van der Waals surface area contributed by atoms with Crippen LogP contribution in [0.1, 0.15) is 19.4 Å². The van der Waals surface area contributed by atoms with Gasteiger partial charge >= 0.3 is 0 Å². The zero-order valence-electron chi connectivity index (χ0n) is 14.0. The fraction of sp³-hybridized carbons (Fsp3) is 0.190. The highest BCUT2D eigenvalue weighted by molar-refractivity contribution is 5.98. The summed E-state index contributed by atoms with van der Waals surface area (Å²) in [6.07, 6.45) is 0.933. The molecule has 3 rings (SSSR count). The largest absolute Gasteiger partial charge is 0.374 e. The first-order valence-corrected chi connectivity index (χ1v) is 8.31. The van der Waals surface area contributed by atoms with Crippen LogP contribution >= 0.6 is 0 Å². The second-order valence-corrected chi connectivity index (χ2v) is 5.93. The minimum atomic E-state index is -0.316. The Morgan fingerprint density at radius 3 is 2.46 bits per heavy atom. The number of rotatable bonds is 5. The monoisotopic (exact) mass is 318 g/mol. The molecule has 3 aromatic rings. The van der Waals surface area contributed by atoms with Crippen LogP contribution in [0, 0.1) is 0 Å². The molecule has 0 spiro atoms. The number of hydrogen-bond acceptors (Lipinski definition) is 2. The lowest BCUT2D eigenvalue weighted by Gasteiger charge is -2.17. The minimum absolute atomic E-state index is 0.0452. The number of nitrogens with one attached hydrogen (secondary N) is 2. The third-order valence-electron chi connectivity index (χ3n) is 4.18. The van der Waals surface area contributed by atoms with Gasteiger partial charge in [0.05, 0.1) is 0 Å². The fourth-order valence-electron chi connectivity index (χ4n) is 2.79. The molecular weight excluding hydrogens is 296 g/mol. The number of para-hydroxylation sites is 1. The Balaban J connectivity index is 1.71. The molecule has 122 valence electrons. The third kappa shape index (κ3) is 3.57. The van der Waals surface area contributed by atoms with Gasteiger partial charge in [0.1, 0.15) is 6.04 Å². The van der Waals surface area contributed by atoms with Crippen LogP contribution in [-0.2, 0) is 11.2 Å². The first-order chi connectivity index (χ1) is 11.7. The van der Waals surface area contributed by atoms with Crippen LogP contribution in [0.3, 0.4) is 0 Å². The Labute approximate surface area is 142 Å². The molecule has 24 heavy (non-hydrogen) atoms. The van der Waals surface area contributed by atoms with Gasteiger partial charge in [-0.1, -0.05) is 55.5 Å². The maximum atomic E-state index is 12.5. The molecular formula is C21H22N2O. The predicted molar refractivity (Wildman–Crippen MR) is 101 cm³/mol. The lowest BCUT2D eigenvalue weighted by molar-refractivity contribution is -0.116. The van der Waals surface area contributed by atoms with Crippen molar-refractivity contribution in [2.24, 2.45) is 0 Å². The highest BCUT2D eigenvalue weighted by Crippen LogP contribution is 2.20. The van der Waals surface area contributed by atoms with Crippen LogP contribution in [0.25, 0.3) is 10.8 Å². The molecule has 1 atom stereocenters. The van der Waals surface area contributed by atoms with Crippen molar-refractivity contribution in [3.63, 3.8) is 0 Å². The molecule has 3 aromatic carbocycles. The molecule has 0 saturated heterocycles. The number of benzene rings is 3. The van der Waals surface area contributed by atoms with Gasteiger partial charge in [0.15, 0.2) is 0 Å². The van der Waals surface area contributed by atoms with Crippen LogP contribution in [0.5, 0.6) is 0 Å². The van der Waals surface area contributed by atoms with E-state index in [2.05, 4.69) is 29.7 Å². The van der Waals surface area contributed by atoms with Crippen molar-refractivity contribution in [1.82, 2.24) is 0 Å². The summed E-state index contributed by atoms with van der Waals surface area (Å²) >= 11 is 0. The second kappa shape index (κ2) is 7.18. The summed E-state index contributed by atoms with van der Waals surface area (Å²) in [5.74, 6) is -0.0452. The first kappa shape index (κ1) is 16.1. The average molecular weight is 318 g/mol. The summed E-state index contributed by atoms with van der Waals surface area (Å²) in [4.78, 5) is 12.5. The molecule has 0 aliphatic carbocycles. The number of aryl methyl sites for hydroxylation is 1. The van der Waals surface area contributed by atoms with Crippen molar-refractivity contribution in [2.75, 3.05) is 10.6 Å². The van der Waals surface area contributed by atoms with Crippen LogP contribution in [0.15, 0.2) is 66.7 Å². The lowest BCUT2D eigenvalue weighted by atomic mass is 10.1.